The van der Waals surface area contributed by atoms with Crippen LogP contribution in [-0.4, -0.2) is 17.2 Å². The van der Waals surface area contributed by atoms with Crippen LogP contribution in [0.15, 0.2) is 67.0 Å². The summed E-state index contributed by atoms with van der Waals surface area (Å²) in [5, 5.41) is 10.2. The number of aromatic hydroxyl groups is 1. The minimum absolute atomic E-state index is 0.232. The van der Waals surface area contributed by atoms with Crippen molar-refractivity contribution in [3.05, 3.63) is 78.1 Å². The van der Waals surface area contributed by atoms with Gasteiger partial charge in [0.2, 0.25) is 0 Å². The van der Waals surface area contributed by atoms with Gasteiger partial charge >= 0.3 is 0 Å². The van der Waals surface area contributed by atoms with Gasteiger partial charge in [0, 0.05) is 18.0 Å². The van der Waals surface area contributed by atoms with E-state index in [0.29, 0.717) is 5.75 Å². The second-order valence-corrected chi connectivity index (χ2v) is 5.08. The summed E-state index contributed by atoms with van der Waals surface area (Å²) in [5.41, 5.74) is 3.80. The third kappa shape index (κ3) is 3.40. The zero-order chi connectivity index (χ0) is 16.1. The summed E-state index contributed by atoms with van der Waals surface area (Å²) < 4.78 is 5.26. The average molecular weight is 303 g/mol. The largest absolute Gasteiger partial charge is 0.507 e. The smallest absolute Gasteiger partial charge is 0.123 e. The van der Waals surface area contributed by atoms with E-state index in [-0.39, 0.29) is 5.75 Å². The lowest BCUT2D eigenvalue weighted by Gasteiger charge is -2.10. The maximum atomic E-state index is 10.2. The van der Waals surface area contributed by atoms with Crippen LogP contribution in [0, 0.1) is 0 Å². The molecule has 0 unspecified atom stereocenters. The first-order chi connectivity index (χ1) is 11.3. The highest BCUT2D eigenvalue weighted by molar-refractivity contribution is 5.83. The molecule has 3 aromatic rings. The molecule has 1 N–H and O–H groups in total. The zero-order valence-corrected chi connectivity index (χ0v) is 12.8. The molecule has 2 aromatic carbocycles. The van der Waals surface area contributed by atoms with Gasteiger partial charge in [-0.1, -0.05) is 36.4 Å². The van der Waals surface area contributed by atoms with E-state index in [1.807, 2.05) is 54.6 Å². The second-order valence-electron chi connectivity index (χ2n) is 5.08. The van der Waals surface area contributed by atoms with Gasteiger partial charge in [-0.3, -0.25) is 4.98 Å². The molecule has 0 saturated heterocycles. The molecule has 114 valence electrons. The fourth-order valence-corrected chi connectivity index (χ4v) is 2.41. The van der Waals surface area contributed by atoms with E-state index >= 15 is 0 Å². The predicted molar refractivity (Wildman–Crippen MR) is 93.3 cm³/mol. The molecule has 3 heteroatoms. The summed E-state index contributed by atoms with van der Waals surface area (Å²) in [6.45, 7) is 0. The highest BCUT2D eigenvalue weighted by Crippen LogP contribution is 2.35. The molecule has 0 aliphatic heterocycles. The number of benzene rings is 2. The number of ether oxygens (including phenoxy) is 1. The van der Waals surface area contributed by atoms with Gasteiger partial charge in [0.05, 0.1) is 7.11 Å². The Hall–Kier alpha value is -3.07. The Kier molecular flexibility index (Phi) is 4.39. The van der Waals surface area contributed by atoms with Crippen molar-refractivity contribution in [3.63, 3.8) is 0 Å². The van der Waals surface area contributed by atoms with E-state index in [0.717, 1.165) is 22.3 Å². The number of phenols is 1. The lowest BCUT2D eigenvalue weighted by atomic mass is 9.98. The molecular formula is C20H17NO2. The first-order valence-corrected chi connectivity index (χ1v) is 7.32. The van der Waals surface area contributed by atoms with E-state index < -0.39 is 0 Å². The molecule has 0 spiro atoms. The third-order valence-corrected chi connectivity index (χ3v) is 3.62. The van der Waals surface area contributed by atoms with Crippen LogP contribution in [0.2, 0.25) is 0 Å². The van der Waals surface area contributed by atoms with Gasteiger partial charge in [0.15, 0.2) is 0 Å². The molecule has 23 heavy (non-hydrogen) atoms. The molecule has 0 atom stereocenters. The van der Waals surface area contributed by atoms with Crippen LogP contribution < -0.4 is 4.74 Å². The molecule has 0 radical (unpaired) electrons. The first-order valence-electron chi connectivity index (χ1n) is 7.32. The van der Waals surface area contributed by atoms with Gasteiger partial charge < -0.3 is 9.84 Å². The van der Waals surface area contributed by atoms with Gasteiger partial charge in [-0.15, -0.1) is 0 Å². The Labute approximate surface area is 135 Å². The van der Waals surface area contributed by atoms with Crippen molar-refractivity contribution in [2.75, 3.05) is 7.11 Å². The van der Waals surface area contributed by atoms with Crippen molar-refractivity contribution in [3.8, 4) is 22.6 Å². The molecule has 0 fully saturated rings. The average Bonchev–Trinajstić information content (AvgIpc) is 2.62. The van der Waals surface area contributed by atoms with Crippen LogP contribution >= 0.6 is 0 Å². The maximum Gasteiger partial charge on any atom is 0.123 e. The normalized spacial score (nSPS) is 10.8. The number of pyridine rings is 1. The summed E-state index contributed by atoms with van der Waals surface area (Å²) >= 11 is 0. The lowest BCUT2D eigenvalue weighted by molar-refractivity contribution is 0.412. The molecule has 0 amide bonds. The van der Waals surface area contributed by atoms with Gasteiger partial charge in [-0.05, 0) is 47.0 Å². The van der Waals surface area contributed by atoms with Gasteiger partial charge in [0.1, 0.15) is 11.5 Å². The highest BCUT2D eigenvalue weighted by atomic mass is 16.5. The second kappa shape index (κ2) is 6.79. The van der Waals surface area contributed by atoms with Crippen molar-refractivity contribution in [2.24, 2.45) is 0 Å². The minimum Gasteiger partial charge on any atom is -0.507 e. The monoisotopic (exact) mass is 303 g/mol. The van der Waals surface area contributed by atoms with E-state index in [9.17, 15) is 5.11 Å². The Morgan fingerprint density at radius 3 is 2.48 bits per heavy atom. The minimum atomic E-state index is 0.232. The summed E-state index contributed by atoms with van der Waals surface area (Å²) in [4.78, 5) is 4.02. The van der Waals surface area contributed by atoms with Crippen LogP contribution in [0.4, 0.5) is 0 Å². The molecule has 3 rings (SSSR count). The van der Waals surface area contributed by atoms with Crippen molar-refractivity contribution in [2.45, 2.75) is 0 Å². The molecular weight excluding hydrogens is 286 g/mol. The van der Waals surface area contributed by atoms with E-state index in [2.05, 4.69) is 4.98 Å². The Bertz CT molecular complexity index is 826. The van der Waals surface area contributed by atoms with Crippen LogP contribution in [0.25, 0.3) is 23.3 Å². The van der Waals surface area contributed by atoms with E-state index in [1.165, 1.54) is 0 Å². The number of rotatable bonds is 4. The number of hydrogen-bond donors (Lipinski definition) is 1. The molecule has 0 aliphatic carbocycles. The van der Waals surface area contributed by atoms with Crippen LogP contribution in [-0.2, 0) is 0 Å². The van der Waals surface area contributed by atoms with Crippen LogP contribution in [0.5, 0.6) is 11.5 Å². The van der Waals surface area contributed by atoms with Crippen molar-refractivity contribution in [1.82, 2.24) is 4.98 Å². The van der Waals surface area contributed by atoms with E-state index in [4.69, 9.17) is 4.74 Å². The molecule has 1 heterocycles. The Morgan fingerprint density at radius 2 is 1.70 bits per heavy atom. The predicted octanol–water partition coefficient (Wildman–Crippen LogP) is 4.63. The van der Waals surface area contributed by atoms with Crippen LogP contribution in [0.1, 0.15) is 11.1 Å². The van der Waals surface area contributed by atoms with Crippen molar-refractivity contribution >= 4 is 12.2 Å². The number of phenolic OH excluding ortho intramolecular Hbond substituents is 1. The summed E-state index contributed by atoms with van der Waals surface area (Å²) in [5.74, 6) is 0.946. The highest BCUT2D eigenvalue weighted by Gasteiger charge is 2.09. The maximum absolute atomic E-state index is 10.2. The number of nitrogens with zero attached hydrogens (tertiary/aromatic N) is 1. The van der Waals surface area contributed by atoms with Gasteiger partial charge in [0.25, 0.3) is 0 Å². The standard InChI is InChI=1S/C20H17NO2/c1-23-17-8-9-20(22)19(14-17)18-5-3-2-4-16(18)7-6-15-10-12-21-13-11-15/h2-14,22H,1H3/b7-6+. The van der Waals surface area contributed by atoms with Crippen molar-refractivity contribution < 1.29 is 9.84 Å². The van der Waals surface area contributed by atoms with E-state index in [1.54, 1.807) is 31.6 Å². The lowest BCUT2D eigenvalue weighted by Crippen LogP contribution is -1.87. The topological polar surface area (TPSA) is 42.4 Å². The molecule has 3 nitrogen and oxygen atoms in total. The third-order valence-electron chi connectivity index (χ3n) is 3.62. The van der Waals surface area contributed by atoms with Crippen molar-refractivity contribution in [1.29, 1.82) is 0 Å². The number of aromatic nitrogens is 1. The number of methoxy groups -OCH3 is 1. The summed E-state index contributed by atoms with van der Waals surface area (Å²) in [6.07, 6.45) is 7.58. The Morgan fingerprint density at radius 1 is 0.913 bits per heavy atom. The fourth-order valence-electron chi connectivity index (χ4n) is 2.41. The molecule has 0 bridgehead atoms. The fraction of sp³-hybridized carbons (Fsp3) is 0.0500. The first kappa shape index (κ1) is 14.9. The quantitative estimate of drug-likeness (QED) is 0.764. The zero-order valence-electron chi connectivity index (χ0n) is 12.8. The Balaban J connectivity index is 2.03. The molecule has 0 aliphatic rings. The summed E-state index contributed by atoms with van der Waals surface area (Å²) in [7, 11) is 1.62. The van der Waals surface area contributed by atoms with Gasteiger partial charge in [-0.2, -0.15) is 0 Å². The molecule has 0 saturated carbocycles. The summed E-state index contributed by atoms with van der Waals surface area (Å²) in [6, 6.07) is 17.1. The molecule has 1 aromatic heterocycles. The van der Waals surface area contributed by atoms with Crippen LogP contribution in [0.3, 0.4) is 0 Å². The number of hydrogen-bond acceptors (Lipinski definition) is 3. The van der Waals surface area contributed by atoms with Gasteiger partial charge in [-0.25, -0.2) is 0 Å². The SMILES string of the molecule is COc1ccc(O)c(-c2ccccc2/C=C/c2ccncc2)c1.